The second kappa shape index (κ2) is 8.58. The second-order valence-electron chi connectivity index (χ2n) is 14.0. The molecule has 0 heterocycles. The van der Waals surface area contributed by atoms with Crippen LogP contribution < -0.4 is 0 Å². The van der Waals surface area contributed by atoms with Gasteiger partial charge < -0.3 is 9.84 Å². The molecule has 3 heteroatoms. The van der Waals surface area contributed by atoms with Crippen molar-refractivity contribution >= 4 is 5.78 Å². The zero-order valence-corrected chi connectivity index (χ0v) is 23.3. The molecular formula is C31H50O3. The summed E-state index contributed by atoms with van der Waals surface area (Å²) in [5.41, 5.74) is 2.44. The molecule has 34 heavy (non-hydrogen) atoms. The first-order chi connectivity index (χ1) is 15.7. The van der Waals surface area contributed by atoms with Gasteiger partial charge in [-0.2, -0.15) is 0 Å². The summed E-state index contributed by atoms with van der Waals surface area (Å²) in [6.07, 6.45) is 11.7. The topological polar surface area (TPSA) is 46.5 Å². The quantitative estimate of drug-likeness (QED) is 0.434. The van der Waals surface area contributed by atoms with E-state index in [0.717, 1.165) is 32.1 Å². The highest BCUT2D eigenvalue weighted by Crippen LogP contribution is 2.74. The molecule has 0 bridgehead atoms. The van der Waals surface area contributed by atoms with Crippen LogP contribution in [0, 0.1) is 45.3 Å². The van der Waals surface area contributed by atoms with Crippen molar-refractivity contribution in [3.05, 3.63) is 23.3 Å². The van der Waals surface area contributed by atoms with Crippen molar-refractivity contribution in [2.24, 2.45) is 45.3 Å². The Bertz CT molecular complexity index is 879. The Morgan fingerprint density at radius 2 is 1.76 bits per heavy atom. The maximum atomic E-state index is 14.0. The number of methoxy groups -OCH3 is 1. The van der Waals surface area contributed by atoms with E-state index in [9.17, 15) is 9.90 Å². The van der Waals surface area contributed by atoms with Crippen LogP contribution in [0.3, 0.4) is 0 Å². The number of hydrogen-bond acceptors (Lipinski definition) is 3. The van der Waals surface area contributed by atoms with E-state index in [1.807, 2.05) is 13.2 Å². The summed E-state index contributed by atoms with van der Waals surface area (Å²) >= 11 is 0. The molecule has 1 N–H and O–H groups in total. The number of aliphatic hydroxyl groups is 1. The molecule has 0 amide bonds. The highest BCUT2D eigenvalue weighted by Gasteiger charge is 2.69. The van der Waals surface area contributed by atoms with Gasteiger partial charge in [0.05, 0.1) is 12.2 Å². The maximum Gasteiger partial charge on any atom is 0.159 e. The first-order valence-electron chi connectivity index (χ1n) is 13.8. The summed E-state index contributed by atoms with van der Waals surface area (Å²) in [6.45, 7) is 18.4. The molecule has 1 unspecified atom stereocenters. The van der Waals surface area contributed by atoms with Gasteiger partial charge in [-0.25, -0.2) is 0 Å². The van der Waals surface area contributed by atoms with Gasteiger partial charge >= 0.3 is 0 Å². The lowest BCUT2D eigenvalue weighted by atomic mass is 9.39. The Morgan fingerprint density at radius 1 is 1.09 bits per heavy atom. The lowest BCUT2D eigenvalue weighted by Crippen LogP contribution is -2.61. The fraction of sp³-hybridized carbons (Fsp3) is 0.839. The van der Waals surface area contributed by atoms with Gasteiger partial charge in [0.25, 0.3) is 0 Å². The van der Waals surface area contributed by atoms with Crippen LogP contribution in [0.4, 0.5) is 0 Å². The summed E-state index contributed by atoms with van der Waals surface area (Å²) in [7, 11) is 1.83. The van der Waals surface area contributed by atoms with E-state index in [0.29, 0.717) is 23.5 Å². The molecule has 0 aromatic carbocycles. The zero-order chi connectivity index (χ0) is 25.3. The molecule has 0 saturated heterocycles. The average Bonchev–Trinajstić information content (AvgIpc) is 3.01. The average molecular weight is 471 g/mol. The zero-order valence-electron chi connectivity index (χ0n) is 23.3. The molecule has 4 rings (SSSR count). The molecule has 3 saturated carbocycles. The van der Waals surface area contributed by atoms with Gasteiger partial charge in [-0.05, 0) is 98.9 Å². The number of hydrogen-bond donors (Lipinski definition) is 1. The van der Waals surface area contributed by atoms with Crippen LogP contribution in [0.25, 0.3) is 0 Å². The Balaban J connectivity index is 1.68. The van der Waals surface area contributed by atoms with Gasteiger partial charge in [-0.3, -0.25) is 4.79 Å². The van der Waals surface area contributed by atoms with Crippen LogP contribution in [0.2, 0.25) is 0 Å². The molecular weight excluding hydrogens is 420 g/mol. The highest BCUT2D eigenvalue weighted by atomic mass is 16.5. The van der Waals surface area contributed by atoms with Gasteiger partial charge in [-0.15, -0.1) is 0 Å². The molecule has 0 aliphatic heterocycles. The summed E-state index contributed by atoms with van der Waals surface area (Å²) in [5.74, 6) is 2.03. The number of allylic oxidation sites excluding steroid dienone is 2. The number of carbonyl (C=O) groups excluding carboxylic acids is 1. The standard InChI is InChI=1S/C31H50O3/c1-19(2)16-21(34-9)17-20(3)22-12-13-31(8)27-25(32)18-24-23(10-11-26(33)28(24,4)5)29(27,6)14-15-30(22,31)7/h16,18,20-23,26-27,33H,10-15,17H2,1-9H3/t20-,21?,22-,23-,26+,27-,29+,30-,31+/m1/s1. The number of aliphatic hydroxyl groups excluding tert-OH is 1. The number of rotatable bonds is 5. The Hall–Kier alpha value is -0.930. The third-order valence-electron chi connectivity index (χ3n) is 11.7. The molecule has 9 atom stereocenters. The van der Waals surface area contributed by atoms with Crippen molar-refractivity contribution in [2.75, 3.05) is 7.11 Å². The predicted molar refractivity (Wildman–Crippen MR) is 139 cm³/mol. The van der Waals surface area contributed by atoms with Crippen LogP contribution in [0.5, 0.6) is 0 Å². The number of carbonyl (C=O) groups is 1. The molecule has 4 aliphatic rings. The molecule has 0 spiro atoms. The van der Waals surface area contributed by atoms with Gasteiger partial charge in [0.2, 0.25) is 0 Å². The number of ether oxygens (including phenoxy) is 1. The molecule has 0 radical (unpaired) electrons. The molecule has 3 fully saturated rings. The van der Waals surface area contributed by atoms with Crippen molar-refractivity contribution in [3.63, 3.8) is 0 Å². The molecule has 4 aliphatic carbocycles. The van der Waals surface area contributed by atoms with Gasteiger partial charge in [0.1, 0.15) is 0 Å². The van der Waals surface area contributed by atoms with Crippen LogP contribution in [-0.2, 0) is 9.53 Å². The molecule has 3 nitrogen and oxygen atoms in total. The van der Waals surface area contributed by atoms with Crippen molar-refractivity contribution in [3.8, 4) is 0 Å². The molecule has 192 valence electrons. The minimum atomic E-state index is -0.348. The van der Waals surface area contributed by atoms with Crippen molar-refractivity contribution in [1.82, 2.24) is 0 Å². The SMILES string of the molecule is COC(C=C(C)C)C[C@@H](C)[C@H]1CC[C@@]2(C)[C@@H]3C(=O)C=C4[C@@H](CC[C@H](O)C4(C)C)[C@]3(C)CC[C@]12C. The van der Waals surface area contributed by atoms with E-state index < -0.39 is 0 Å². The minimum absolute atomic E-state index is 0.00207. The number of ketones is 1. The van der Waals surface area contributed by atoms with Gasteiger partial charge in [-0.1, -0.05) is 58.8 Å². The van der Waals surface area contributed by atoms with Crippen LogP contribution in [-0.4, -0.2) is 30.2 Å². The van der Waals surface area contributed by atoms with Gasteiger partial charge in [0.15, 0.2) is 5.78 Å². The Kier molecular flexibility index (Phi) is 6.60. The van der Waals surface area contributed by atoms with Crippen molar-refractivity contribution in [2.45, 2.75) is 113 Å². The molecule has 0 aromatic heterocycles. The minimum Gasteiger partial charge on any atom is -0.392 e. The summed E-state index contributed by atoms with van der Waals surface area (Å²) in [5, 5.41) is 10.8. The van der Waals surface area contributed by atoms with Crippen LogP contribution >= 0.6 is 0 Å². The van der Waals surface area contributed by atoms with Crippen molar-refractivity contribution in [1.29, 1.82) is 0 Å². The fourth-order valence-electron chi connectivity index (χ4n) is 9.58. The van der Waals surface area contributed by atoms with E-state index in [-0.39, 0.29) is 39.8 Å². The van der Waals surface area contributed by atoms with Crippen LogP contribution in [0.1, 0.15) is 100 Å². The summed E-state index contributed by atoms with van der Waals surface area (Å²) in [4.78, 5) is 14.0. The lowest BCUT2D eigenvalue weighted by molar-refractivity contribution is -0.164. The van der Waals surface area contributed by atoms with E-state index in [1.165, 1.54) is 24.0 Å². The lowest BCUT2D eigenvalue weighted by Gasteiger charge is -2.65. The Labute approximate surface area is 208 Å². The predicted octanol–water partition coefficient (Wildman–Crippen LogP) is 7.14. The maximum absolute atomic E-state index is 14.0. The van der Waals surface area contributed by atoms with E-state index in [4.69, 9.17) is 4.74 Å². The van der Waals surface area contributed by atoms with E-state index in [2.05, 4.69) is 61.5 Å². The normalized spacial score (nSPS) is 44.9. The second-order valence-corrected chi connectivity index (χ2v) is 14.0. The number of fused-ring (bicyclic) bond motifs is 5. The highest BCUT2D eigenvalue weighted by molar-refractivity contribution is 5.95. The summed E-state index contributed by atoms with van der Waals surface area (Å²) < 4.78 is 5.83. The van der Waals surface area contributed by atoms with Gasteiger partial charge in [0, 0.05) is 18.4 Å². The van der Waals surface area contributed by atoms with Crippen LogP contribution in [0.15, 0.2) is 23.3 Å². The Morgan fingerprint density at radius 3 is 2.38 bits per heavy atom. The fourth-order valence-corrected chi connectivity index (χ4v) is 9.58. The van der Waals surface area contributed by atoms with E-state index >= 15 is 0 Å². The summed E-state index contributed by atoms with van der Waals surface area (Å²) in [6, 6.07) is 0. The third kappa shape index (κ3) is 3.62. The molecule has 0 aromatic rings. The van der Waals surface area contributed by atoms with E-state index in [1.54, 1.807) is 0 Å². The third-order valence-corrected chi connectivity index (χ3v) is 11.7. The largest absolute Gasteiger partial charge is 0.392 e. The monoisotopic (exact) mass is 470 g/mol. The first-order valence-corrected chi connectivity index (χ1v) is 13.8. The smallest absolute Gasteiger partial charge is 0.159 e. The van der Waals surface area contributed by atoms with Crippen molar-refractivity contribution < 1.29 is 14.6 Å². The first kappa shape index (κ1) is 26.1.